The van der Waals surface area contributed by atoms with Crippen LogP contribution in [0.4, 0.5) is 10.1 Å². The smallest absolute Gasteiger partial charge is 0.362 e. The molecule has 1 aromatic rings. The third-order valence-corrected chi connectivity index (χ3v) is 1.77. The number of rotatable bonds is 5. The van der Waals surface area contributed by atoms with E-state index in [-0.39, 0.29) is 18.6 Å². The summed E-state index contributed by atoms with van der Waals surface area (Å²) in [5, 5.41) is 3.48. The normalized spacial score (nSPS) is 10.8. The van der Waals surface area contributed by atoms with E-state index in [1.165, 1.54) is 18.2 Å². The molecular weight excluding hydrogens is 227 g/mol. The first-order chi connectivity index (χ1) is 8.19. The molecule has 0 heterocycles. The molecule has 90 valence electrons. The van der Waals surface area contributed by atoms with E-state index < -0.39 is 17.5 Å². The van der Waals surface area contributed by atoms with Gasteiger partial charge in [0.05, 0.1) is 12.3 Å². The Morgan fingerprint density at radius 3 is 2.82 bits per heavy atom. The number of carbonyl (C=O) groups is 2. The quantitative estimate of drug-likeness (QED) is 0.276. The first kappa shape index (κ1) is 12.8. The van der Waals surface area contributed by atoms with Crippen molar-refractivity contribution >= 4 is 23.7 Å². The zero-order chi connectivity index (χ0) is 12.7. The van der Waals surface area contributed by atoms with Crippen molar-refractivity contribution in [2.24, 2.45) is 5.10 Å². The van der Waals surface area contributed by atoms with Crippen LogP contribution in [0, 0.1) is 5.82 Å². The van der Waals surface area contributed by atoms with Gasteiger partial charge in [-0.25, -0.2) is 9.18 Å². The second kappa shape index (κ2) is 6.37. The van der Waals surface area contributed by atoms with Crippen LogP contribution in [-0.4, -0.2) is 24.6 Å². The molecule has 0 saturated heterocycles. The number of halogens is 1. The maximum atomic E-state index is 13.2. The summed E-state index contributed by atoms with van der Waals surface area (Å²) in [7, 11) is 0. The molecule has 17 heavy (non-hydrogen) atoms. The number of aldehydes is 1. The molecule has 0 bridgehead atoms. The minimum atomic E-state index is -0.855. The summed E-state index contributed by atoms with van der Waals surface area (Å²) in [6.45, 7) is 1.73. The molecule has 1 aromatic carbocycles. The maximum Gasteiger partial charge on any atom is 0.362 e. The number of anilines is 1. The standard InChI is InChI=1S/C11H11FN2O3/c1-2-17-11(16)10(7-15)14-13-9-6-4-3-5-8(9)12/h3-7,13H,2H2,1H3/b14-10+. The highest BCUT2D eigenvalue weighted by molar-refractivity contribution is 6.58. The predicted octanol–water partition coefficient (Wildman–Crippen LogP) is 1.36. The molecule has 0 aliphatic rings. The fraction of sp³-hybridized carbons (Fsp3) is 0.182. The summed E-state index contributed by atoms with van der Waals surface area (Å²) < 4.78 is 17.7. The Hall–Kier alpha value is -2.24. The van der Waals surface area contributed by atoms with Crippen molar-refractivity contribution in [3.8, 4) is 0 Å². The number of hydrazone groups is 1. The third-order valence-electron chi connectivity index (χ3n) is 1.77. The fourth-order valence-electron chi connectivity index (χ4n) is 0.997. The lowest BCUT2D eigenvalue weighted by molar-refractivity contribution is -0.135. The summed E-state index contributed by atoms with van der Waals surface area (Å²) in [4.78, 5) is 21.7. The van der Waals surface area contributed by atoms with E-state index in [9.17, 15) is 14.0 Å². The van der Waals surface area contributed by atoms with Gasteiger partial charge in [-0.05, 0) is 19.1 Å². The molecule has 0 radical (unpaired) electrons. The lowest BCUT2D eigenvalue weighted by atomic mass is 10.3. The average molecular weight is 238 g/mol. The minimum Gasteiger partial charge on any atom is -0.461 e. The fourth-order valence-corrected chi connectivity index (χ4v) is 0.997. The number of nitrogens with one attached hydrogen (secondary N) is 1. The minimum absolute atomic E-state index is 0.0659. The van der Waals surface area contributed by atoms with Crippen LogP contribution in [0.15, 0.2) is 29.4 Å². The first-order valence-electron chi connectivity index (χ1n) is 4.89. The number of ether oxygens (including phenoxy) is 1. The third kappa shape index (κ3) is 3.67. The lowest BCUT2D eigenvalue weighted by Gasteiger charge is -2.03. The molecule has 0 spiro atoms. The SMILES string of the molecule is CCOC(=O)/C(C=O)=N/Nc1ccccc1F. The van der Waals surface area contributed by atoms with Gasteiger partial charge in [0.2, 0.25) is 5.71 Å². The largest absolute Gasteiger partial charge is 0.461 e. The molecule has 0 aliphatic heterocycles. The van der Waals surface area contributed by atoms with Gasteiger partial charge in [-0.15, -0.1) is 0 Å². The van der Waals surface area contributed by atoms with Crippen LogP contribution in [-0.2, 0) is 14.3 Å². The molecule has 1 rings (SSSR count). The van der Waals surface area contributed by atoms with Crippen molar-refractivity contribution < 1.29 is 18.7 Å². The molecule has 0 atom stereocenters. The van der Waals surface area contributed by atoms with E-state index in [0.29, 0.717) is 0 Å². The van der Waals surface area contributed by atoms with Crippen molar-refractivity contribution in [2.45, 2.75) is 6.92 Å². The second-order valence-electron chi connectivity index (χ2n) is 2.93. The van der Waals surface area contributed by atoms with Gasteiger partial charge in [-0.2, -0.15) is 5.10 Å². The molecule has 0 saturated carbocycles. The van der Waals surface area contributed by atoms with Crippen molar-refractivity contribution in [3.63, 3.8) is 0 Å². The number of para-hydroxylation sites is 1. The van der Waals surface area contributed by atoms with Gasteiger partial charge >= 0.3 is 5.97 Å². The molecule has 5 nitrogen and oxygen atoms in total. The van der Waals surface area contributed by atoms with E-state index in [0.717, 1.165) is 0 Å². The molecule has 6 heteroatoms. The second-order valence-corrected chi connectivity index (χ2v) is 2.93. The zero-order valence-electron chi connectivity index (χ0n) is 9.14. The Morgan fingerprint density at radius 2 is 2.24 bits per heavy atom. The number of hydrogen-bond donors (Lipinski definition) is 1. The highest BCUT2D eigenvalue weighted by Gasteiger charge is 2.11. The van der Waals surface area contributed by atoms with Crippen LogP contribution in [0.2, 0.25) is 0 Å². The van der Waals surface area contributed by atoms with Crippen molar-refractivity contribution in [3.05, 3.63) is 30.1 Å². The number of carbonyl (C=O) groups excluding carboxylic acids is 2. The Balaban J connectivity index is 2.78. The summed E-state index contributed by atoms with van der Waals surface area (Å²) in [5.74, 6) is -1.39. The Morgan fingerprint density at radius 1 is 1.53 bits per heavy atom. The average Bonchev–Trinajstić information content (AvgIpc) is 2.32. The molecule has 0 aromatic heterocycles. The van der Waals surface area contributed by atoms with Crippen LogP contribution in [0.1, 0.15) is 6.92 Å². The van der Waals surface area contributed by atoms with Crippen molar-refractivity contribution in [1.82, 2.24) is 0 Å². The van der Waals surface area contributed by atoms with Gasteiger partial charge < -0.3 is 4.74 Å². The Labute approximate surface area is 97.3 Å². The van der Waals surface area contributed by atoms with Crippen LogP contribution >= 0.6 is 0 Å². The maximum absolute atomic E-state index is 13.2. The highest BCUT2D eigenvalue weighted by atomic mass is 19.1. The van der Waals surface area contributed by atoms with E-state index in [2.05, 4.69) is 15.3 Å². The van der Waals surface area contributed by atoms with Crippen LogP contribution in [0.5, 0.6) is 0 Å². The van der Waals surface area contributed by atoms with Gasteiger partial charge in [0.25, 0.3) is 0 Å². The first-order valence-corrected chi connectivity index (χ1v) is 4.89. The molecule has 0 unspecified atom stereocenters. The van der Waals surface area contributed by atoms with E-state index in [4.69, 9.17) is 0 Å². The molecule has 0 amide bonds. The van der Waals surface area contributed by atoms with E-state index >= 15 is 0 Å². The molecular formula is C11H11FN2O3. The van der Waals surface area contributed by atoms with Gasteiger partial charge in [0, 0.05) is 0 Å². The van der Waals surface area contributed by atoms with Gasteiger partial charge in [0.15, 0.2) is 6.29 Å². The monoisotopic (exact) mass is 238 g/mol. The topological polar surface area (TPSA) is 67.8 Å². The number of benzene rings is 1. The van der Waals surface area contributed by atoms with Crippen molar-refractivity contribution in [1.29, 1.82) is 0 Å². The van der Waals surface area contributed by atoms with Gasteiger partial charge in [-0.3, -0.25) is 10.2 Å². The number of hydrogen-bond acceptors (Lipinski definition) is 5. The summed E-state index contributed by atoms with van der Waals surface area (Å²) in [6.07, 6.45) is 0.242. The van der Waals surface area contributed by atoms with E-state index in [1.54, 1.807) is 13.0 Å². The van der Waals surface area contributed by atoms with Crippen LogP contribution < -0.4 is 5.43 Å². The van der Waals surface area contributed by atoms with Gasteiger partial charge in [-0.1, -0.05) is 12.1 Å². The summed E-state index contributed by atoms with van der Waals surface area (Å²) in [5.41, 5.74) is 1.90. The summed E-state index contributed by atoms with van der Waals surface area (Å²) >= 11 is 0. The number of nitrogens with zero attached hydrogens (tertiary/aromatic N) is 1. The highest BCUT2D eigenvalue weighted by Crippen LogP contribution is 2.11. The lowest BCUT2D eigenvalue weighted by Crippen LogP contribution is -2.20. The zero-order valence-corrected chi connectivity index (χ0v) is 9.14. The Kier molecular flexibility index (Phi) is 4.80. The molecule has 1 N–H and O–H groups in total. The predicted molar refractivity (Wildman–Crippen MR) is 60.2 cm³/mol. The number of esters is 1. The van der Waals surface area contributed by atoms with Crippen LogP contribution in [0.3, 0.4) is 0 Å². The van der Waals surface area contributed by atoms with Crippen molar-refractivity contribution in [2.75, 3.05) is 12.0 Å². The Bertz CT molecular complexity index is 446. The van der Waals surface area contributed by atoms with Gasteiger partial charge in [0.1, 0.15) is 5.82 Å². The van der Waals surface area contributed by atoms with Crippen LogP contribution in [0.25, 0.3) is 0 Å². The van der Waals surface area contributed by atoms with E-state index in [1.807, 2.05) is 0 Å². The molecule has 0 fully saturated rings. The summed E-state index contributed by atoms with van der Waals surface area (Å²) in [6, 6.07) is 5.75. The molecule has 0 aliphatic carbocycles.